The van der Waals surface area contributed by atoms with Gasteiger partial charge in [0.05, 0.1) is 7.11 Å². The van der Waals surface area contributed by atoms with Gasteiger partial charge in [-0.1, -0.05) is 6.92 Å². The van der Waals surface area contributed by atoms with Crippen molar-refractivity contribution in [2.45, 2.75) is 33.7 Å². The van der Waals surface area contributed by atoms with E-state index in [-0.39, 0.29) is 5.57 Å². The van der Waals surface area contributed by atoms with Crippen LogP contribution in [0.1, 0.15) is 30.3 Å². The van der Waals surface area contributed by atoms with E-state index in [1.54, 1.807) is 6.08 Å². The number of aromatic nitrogens is 1. The minimum atomic E-state index is -0.449. The van der Waals surface area contributed by atoms with Crippen molar-refractivity contribution >= 4 is 12.0 Å². The van der Waals surface area contributed by atoms with Crippen molar-refractivity contribution in [1.29, 1.82) is 5.26 Å². The Bertz CT molecular complexity index is 564. The number of amides is 1. The van der Waals surface area contributed by atoms with E-state index in [4.69, 9.17) is 10.1 Å². The molecule has 0 fully saturated rings. The second-order valence-electron chi connectivity index (χ2n) is 4.63. The molecule has 108 valence electrons. The van der Waals surface area contributed by atoms with Crippen molar-refractivity contribution in [3.8, 4) is 6.07 Å². The molecule has 0 saturated heterocycles. The van der Waals surface area contributed by atoms with Crippen LogP contribution in [-0.4, -0.2) is 29.7 Å². The maximum Gasteiger partial charge on any atom is 0.287 e. The molecule has 0 aliphatic rings. The summed E-state index contributed by atoms with van der Waals surface area (Å²) in [6, 6.07) is 3.92. The SMILES string of the molecule is CCCn1c(C)cc(C=C(C#N)C(=O)N(C)OC)c1C. The van der Waals surface area contributed by atoms with Gasteiger partial charge in [-0.05, 0) is 38.0 Å². The van der Waals surface area contributed by atoms with Crippen molar-refractivity contribution in [3.05, 3.63) is 28.6 Å². The number of nitrogens with zero attached hydrogens (tertiary/aromatic N) is 3. The van der Waals surface area contributed by atoms with Gasteiger partial charge in [-0.2, -0.15) is 5.26 Å². The molecule has 0 bridgehead atoms. The Hall–Kier alpha value is -2.06. The second kappa shape index (κ2) is 6.92. The third-order valence-corrected chi connectivity index (χ3v) is 3.27. The van der Waals surface area contributed by atoms with E-state index >= 15 is 0 Å². The first kappa shape index (κ1) is 16.0. The van der Waals surface area contributed by atoms with Crippen LogP contribution in [0.2, 0.25) is 0 Å². The lowest BCUT2D eigenvalue weighted by Crippen LogP contribution is -2.26. The van der Waals surface area contributed by atoms with E-state index in [2.05, 4.69) is 11.5 Å². The molecule has 0 unspecified atom stereocenters. The molecule has 1 aromatic rings. The van der Waals surface area contributed by atoms with Gasteiger partial charge in [0, 0.05) is 25.0 Å². The zero-order chi connectivity index (χ0) is 15.3. The summed E-state index contributed by atoms with van der Waals surface area (Å²) < 4.78 is 2.19. The highest BCUT2D eigenvalue weighted by molar-refractivity contribution is 6.01. The number of nitriles is 1. The van der Waals surface area contributed by atoms with Gasteiger partial charge in [0.15, 0.2) is 0 Å². The standard InChI is InChI=1S/C15H21N3O2/c1-6-7-18-11(2)8-13(12(18)3)9-14(10-16)15(19)17(4)20-5/h8-9H,6-7H2,1-5H3. The monoisotopic (exact) mass is 275 g/mol. The fourth-order valence-corrected chi connectivity index (χ4v) is 2.09. The quantitative estimate of drug-likeness (QED) is 0.471. The second-order valence-corrected chi connectivity index (χ2v) is 4.63. The molecule has 5 heteroatoms. The van der Waals surface area contributed by atoms with Crippen molar-refractivity contribution in [2.24, 2.45) is 0 Å². The van der Waals surface area contributed by atoms with Crippen molar-refractivity contribution in [3.63, 3.8) is 0 Å². The normalized spacial score (nSPS) is 11.3. The van der Waals surface area contributed by atoms with Crippen LogP contribution in [0.25, 0.3) is 6.08 Å². The maximum absolute atomic E-state index is 11.9. The summed E-state index contributed by atoms with van der Waals surface area (Å²) in [4.78, 5) is 16.8. The highest BCUT2D eigenvalue weighted by Crippen LogP contribution is 2.19. The summed E-state index contributed by atoms with van der Waals surface area (Å²) in [5, 5.41) is 10.2. The largest absolute Gasteiger partial charge is 0.349 e. The van der Waals surface area contributed by atoms with Crippen LogP contribution in [0.4, 0.5) is 0 Å². The van der Waals surface area contributed by atoms with Crippen LogP contribution in [0.5, 0.6) is 0 Å². The van der Waals surface area contributed by atoms with Gasteiger partial charge >= 0.3 is 0 Å². The predicted octanol–water partition coefficient (Wildman–Crippen LogP) is 2.44. The summed E-state index contributed by atoms with van der Waals surface area (Å²) in [7, 11) is 2.87. The molecule has 5 nitrogen and oxygen atoms in total. The first-order chi connectivity index (χ1) is 9.46. The molecule has 1 heterocycles. The molecule has 0 N–H and O–H groups in total. The molecule has 0 atom stereocenters. The lowest BCUT2D eigenvalue weighted by Gasteiger charge is -2.12. The van der Waals surface area contributed by atoms with Crippen molar-refractivity contribution in [2.75, 3.05) is 14.2 Å². The Morgan fingerprint density at radius 1 is 1.55 bits per heavy atom. The zero-order valence-corrected chi connectivity index (χ0v) is 12.7. The van der Waals surface area contributed by atoms with Crippen LogP contribution in [0, 0.1) is 25.2 Å². The summed E-state index contributed by atoms with van der Waals surface area (Å²) >= 11 is 0. The highest BCUT2D eigenvalue weighted by atomic mass is 16.7. The van der Waals surface area contributed by atoms with Crippen LogP contribution >= 0.6 is 0 Å². The highest BCUT2D eigenvalue weighted by Gasteiger charge is 2.16. The number of rotatable bonds is 5. The lowest BCUT2D eigenvalue weighted by molar-refractivity contribution is -0.163. The average Bonchev–Trinajstić information content (AvgIpc) is 2.71. The van der Waals surface area contributed by atoms with E-state index in [0.29, 0.717) is 0 Å². The molecular weight excluding hydrogens is 254 g/mol. The number of carbonyl (C=O) groups is 1. The zero-order valence-electron chi connectivity index (χ0n) is 12.7. The molecule has 1 aromatic heterocycles. The number of hydrogen-bond acceptors (Lipinski definition) is 3. The van der Waals surface area contributed by atoms with Gasteiger partial charge in [0.25, 0.3) is 5.91 Å². The topological polar surface area (TPSA) is 58.3 Å². The fraction of sp³-hybridized carbons (Fsp3) is 0.467. The smallest absolute Gasteiger partial charge is 0.287 e. The van der Waals surface area contributed by atoms with Gasteiger partial charge < -0.3 is 4.57 Å². The third kappa shape index (κ3) is 3.28. The van der Waals surface area contributed by atoms with E-state index in [0.717, 1.165) is 35.0 Å². The Morgan fingerprint density at radius 2 is 2.20 bits per heavy atom. The van der Waals surface area contributed by atoms with Crippen LogP contribution in [0.15, 0.2) is 11.6 Å². The summed E-state index contributed by atoms with van der Waals surface area (Å²) in [6.07, 6.45) is 2.66. The molecule has 0 radical (unpaired) electrons. The molecule has 1 rings (SSSR count). The molecular formula is C15H21N3O2. The summed E-state index contributed by atoms with van der Waals surface area (Å²) in [5.74, 6) is -0.449. The van der Waals surface area contributed by atoms with Crippen LogP contribution < -0.4 is 0 Å². The molecule has 0 aliphatic carbocycles. The molecule has 0 aliphatic heterocycles. The first-order valence-corrected chi connectivity index (χ1v) is 6.56. The molecule has 0 spiro atoms. The van der Waals surface area contributed by atoms with E-state index in [9.17, 15) is 4.79 Å². The Labute approximate surface area is 120 Å². The fourth-order valence-electron chi connectivity index (χ4n) is 2.09. The van der Waals surface area contributed by atoms with E-state index < -0.39 is 5.91 Å². The number of hydrogen-bond donors (Lipinski definition) is 0. The van der Waals surface area contributed by atoms with Gasteiger partial charge in [0.1, 0.15) is 11.6 Å². The maximum atomic E-state index is 11.9. The summed E-state index contributed by atoms with van der Waals surface area (Å²) in [5.41, 5.74) is 3.14. The number of hydroxylamine groups is 2. The Morgan fingerprint density at radius 3 is 2.70 bits per heavy atom. The predicted molar refractivity (Wildman–Crippen MR) is 77.6 cm³/mol. The molecule has 20 heavy (non-hydrogen) atoms. The average molecular weight is 275 g/mol. The van der Waals surface area contributed by atoms with Crippen molar-refractivity contribution < 1.29 is 9.63 Å². The number of likely N-dealkylation sites (N-methyl/N-ethyl adjacent to an activating group) is 1. The van der Waals surface area contributed by atoms with Crippen molar-refractivity contribution in [1.82, 2.24) is 9.63 Å². The van der Waals surface area contributed by atoms with E-state index in [1.807, 2.05) is 26.0 Å². The van der Waals surface area contributed by atoms with Gasteiger partial charge in [0.2, 0.25) is 0 Å². The van der Waals surface area contributed by atoms with Gasteiger partial charge in [-0.3, -0.25) is 9.63 Å². The minimum Gasteiger partial charge on any atom is -0.349 e. The number of carbonyl (C=O) groups excluding carboxylic acids is 1. The van der Waals surface area contributed by atoms with E-state index in [1.165, 1.54) is 14.2 Å². The van der Waals surface area contributed by atoms with Gasteiger partial charge in [-0.15, -0.1) is 0 Å². The molecule has 0 aromatic carbocycles. The molecule has 1 amide bonds. The van der Waals surface area contributed by atoms with Crippen LogP contribution in [-0.2, 0) is 16.2 Å². The lowest BCUT2D eigenvalue weighted by atomic mass is 10.1. The van der Waals surface area contributed by atoms with Crippen LogP contribution in [0.3, 0.4) is 0 Å². The first-order valence-electron chi connectivity index (χ1n) is 6.56. The number of aryl methyl sites for hydroxylation is 1. The molecule has 0 saturated carbocycles. The third-order valence-electron chi connectivity index (χ3n) is 3.27. The Kier molecular flexibility index (Phi) is 5.53. The minimum absolute atomic E-state index is 0.0612. The summed E-state index contributed by atoms with van der Waals surface area (Å²) in [6.45, 7) is 7.06. The van der Waals surface area contributed by atoms with Gasteiger partial charge in [-0.25, -0.2) is 5.06 Å². The Balaban J connectivity index is 3.18.